The lowest BCUT2D eigenvalue weighted by molar-refractivity contribution is 0.0516. The van der Waals surface area contributed by atoms with Crippen LogP contribution in [0.4, 0.5) is 0 Å². The first kappa shape index (κ1) is 16.6. The molecule has 1 atom stereocenters. The summed E-state index contributed by atoms with van der Waals surface area (Å²) in [5, 5.41) is 0. The van der Waals surface area contributed by atoms with Crippen molar-refractivity contribution in [2.75, 3.05) is 13.1 Å². The van der Waals surface area contributed by atoms with E-state index >= 15 is 0 Å². The number of hydrogen-bond donors (Lipinski definition) is 0. The molecule has 0 saturated carbocycles. The van der Waals surface area contributed by atoms with E-state index < -0.39 is 0 Å². The Kier molecular flexibility index (Phi) is 4.56. The standard InChI is InChI=1S/C20H22N4O2/c1-2-15-11-21-20(22-12-15)26-18-7-5-9-24(14-18)19(25)16-10-17-6-3-4-8-23(17)13-16/h3-4,6,8,10-13,18H,2,5,7,9,14H2,1H3. The molecule has 0 spiro atoms. The van der Waals surface area contributed by atoms with Gasteiger partial charge in [0.05, 0.1) is 12.1 Å². The van der Waals surface area contributed by atoms with E-state index in [-0.39, 0.29) is 12.0 Å². The first-order chi connectivity index (χ1) is 12.7. The number of fused-ring (bicyclic) bond motifs is 1. The van der Waals surface area contributed by atoms with Crippen molar-refractivity contribution < 1.29 is 9.53 Å². The molecule has 1 saturated heterocycles. The molecule has 0 radical (unpaired) electrons. The number of likely N-dealkylation sites (tertiary alicyclic amines) is 1. The lowest BCUT2D eigenvalue weighted by atomic mass is 10.1. The minimum atomic E-state index is -0.0720. The highest BCUT2D eigenvalue weighted by Crippen LogP contribution is 2.19. The summed E-state index contributed by atoms with van der Waals surface area (Å²) in [5.74, 6) is 0.0456. The number of amides is 1. The van der Waals surface area contributed by atoms with Crippen LogP contribution in [0, 0.1) is 0 Å². The quantitative estimate of drug-likeness (QED) is 0.726. The lowest BCUT2D eigenvalue weighted by Gasteiger charge is -2.32. The molecule has 0 bridgehead atoms. The van der Waals surface area contributed by atoms with E-state index in [1.807, 2.05) is 46.0 Å². The van der Waals surface area contributed by atoms with Crippen LogP contribution in [-0.4, -0.2) is 44.4 Å². The fraction of sp³-hybridized carbons (Fsp3) is 0.350. The van der Waals surface area contributed by atoms with E-state index in [1.54, 1.807) is 12.4 Å². The van der Waals surface area contributed by atoms with Crippen LogP contribution in [0.3, 0.4) is 0 Å². The van der Waals surface area contributed by atoms with E-state index in [0.29, 0.717) is 18.1 Å². The van der Waals surface area contributed by atoms with Crippen LogP contribution < -0.4 is 4.74 Å². The molecule has 1 unspecified atom stereocenters. The van der Waals surface area contributed by atoms with Crippen molar-refractivity contribution in [3.8, 4) is 6.01 Å². The van der Waals surface area contributed by atoms with Crippen LogP contribution in [0.15, 0.2) is 49.1 Å². The van der Waals surface area contributed by atoms with Crippen LogP contribution in [0.2, 0.25) is 0 Å². The van der Waals surface area contributed by atoms with Crippen LogP contribution >= 0.6 is 0 Å². The second kappa shape index (κ2) is 7.15. The number of hydrogen-bond acceptors (Lipinski definition) is 4. The summed E-state index contributed by atoms with van der Waals surface area (Å²) in [6, 6.07) is 8.24. The molecule has 0 aliphatic carbocycles. The van der Waals surface area contributed by atoms with Gasteiger partial charge >= 0.3 is 6.01 Å². The van der Waals surface area contributed by atoms with Gasteiger partial charge in [-0.25, -0.2) is 9.97 Å². The summed E-state index contributed by atoms with van der Waals surface area (Å²) in [6.45, 7) is 3.37. The molecular weight excluding hydrogens is 328 g/mol. The zero-order valence-corrected chi connectivity index (χ0v) is 14.8. The molecule has 1 aliphatic heterocycles. The molecule has 4 rings (SSSR count). The summed E-state index contributed by atoms with van der Waals surface area (Å²) in [7, 11) is 0. The molecule has 134 valence electrons. The largest absolute Gasteiger partial charge is 0.458 e. The number of carbonyl (C=O) groups is 1. The van der Waals surface area contributed by atoms with E-state index in [2.05, 4.69) is 16.9 Å². The summed E-state index contributed by atoms with van der Waals surface area (Å²) < 4.78 is 7.88. The van der Waals surface area contributed by atoms with Crippen LogP contribution in [0.5, 0.6) is 6.01 Å². The first-order valence-corrected chi connectivity index (χ1v) is 9.06. The van der Waals surface area contributed by atoms with E-state index in [1.165, 1.54) is 0 Å². The minimum absolute atomic E-state index is 0.0456. The molecular formula is C20H22N4O2. The Bertz CT molecular complexity index is 871. The number of aromatic nitrogens is 3. The summed E-state index contributed by atoms with van der Waals surface area (Å²) >= 11 is 0. The summed E-state index contributed by atoms with van der Waals surface area (Å²) in [4.78, 5) is 23.3. The number of ether oxygens (including phenoxy) is 1. The third-order valence-electron chi connectivity index (χ3n) is 4.78. The molecule has 0 aromatic carbocycles. The maximum absolute atomic E-state index is 12.9. The predicted molar refractivity (Wildman–Crippen MR) is 98.4 cm³/mol. The molecule has 3 aromatic rings. The van der Waals surface area contributed by atoms with Gasteiger partial charge in [0.1, 0.15) is 6.10 Å². The van der Waals surface area contributed by atoms with Crippen LogP contribution in [0.25, 0.3) is 5.52 Å². The van der Waals surface area contributed by atoms with E-state index in [0.717, 1.165) is 36.9 Å². The van der Waals surface area contributed by atoms with Gasteiger partial charge < -0.3 is 14.0 Å². The van der Waals surface area contributed by atoms with Gasteiger partial charge in [-0.3, -0.25) is 4.79 Å². The molecule has 1 fully saturated rings. The van der Waals surface area contributed by atoms with Gasteiger partial charge in [-0.15, -0.1) is 0 Å². The van der Waals surface area contributed by atoms with E-state index in [4.69, 9.17) is 4.74 Å². The highest BCUT2D eigenvalue weighted by Gasteiger charge is 2.26. The first-order valence-electron chi connectivity index (χ1n) is 9.06. The predicted octanol–water partition coefficient (Wildman–Crippen LogP) is 2.98. The Morgan fingerprint density at radius 1 is 1.31 bits per heavy atom. The topological polar surface area (TPSA) is 59.7 Å². The number of pyridine rings is 1. The number of rotatable bonds is 4. The number of nitrogens with zero attached hydrogens (tertiary/aromatic N) is 4. The molecule has 3 aromatic heterocycles. The number of aryl methyl sites for hydroxylation is 1. The fourth-order valence-electron chi connectivity index (χ4n) is 3.31. The fourth-order valence-corrected chi connectivity index (χ4v) is 3.31. The van der Waals surface area contributed by atoms with Gasteiger partial charge in [0.25, 0.3) is 5.91 Å². The maximum atomic E-state index is 12.9. The van der Waals surface area contributed by atoms with Gasteiger partial charge in [-0.2, -0.15) is 0 Å². The van der Waals surface area contributed by atoms with Crippen molar-refractivity contribution >= 4 is 11.4 Å². The smallest absolute Gasteiger partial charge is 0.316 e. The summed E-state index contributed by atoms with van der Waals surface area (Å²) in [6.07, 6.45) is 10.1. The molecule has 0 N–H and O–H groups in total. The Labute approximate surface area is 152 Å². The third kappa shape index (κ3) is 3.40. The average molecular weight is 350 g/mol. The van der Waals surface area contributed by atoms with Gasteiger partial charge in [0.2, 0.25) is 0 Å². The molecule has 26 heavy (non-hydrogen) atoms. The zero-order valence-electron chi connectivity index (χ0n) is 14.8. The van der Waals surface area contributed by atoms with Crippen LogP contribution in [0.1, 0.15) is 35.7 Å². The minimum Gasteiger partial charge on any atom is -0.458 e. The van der Waals surface area contributed by atoms with Crippen molar-refractivity contribution in [1.82, 2.24) is 19.3 Å². The zero-order chi connectivity index (χ0) is 17.9. The second-order valence-electron chi connectivity index (χ2n) is 6.62. The van der Waals surface area contributed by atoms with Crippen molar-refractivity contribution in [2.45, 2.75) is 32.3 Å². The monoisotopic (exact) mass is 350 g/mol. The van der Waals surface area contributed by atoms with Gasteiger partial charge in [0.15, 0.2) is 0 Å². The maximum Gasteiger partial charge on any atom is 0.316 e. The Morgan fingerprint density at radius 2 is 2.15 bits per heavy atom. The second-order valence-corrected chi connectivity index (χ2v) is 6.62. The molecule has 6 nitrogen and oxygen atoms in total. The van der Waals surface area contributed by atoms with Crippen molar-refractivity contribution in [1.29, 1.82) is 0 Å². The number of carbonyl (C=O) groups excluding carboxylic acids is 1. The van der Waals surface area contributed by atoms with Crippen LogP contribution in [-0.2, 0) is 6.42 Å². The summed E-state index contributed by atoms with van der Waals surface area (Å²) in [5.41, 5.74) is 2.81. The van der Waals surface area contributed by atoms with Gasteiger partial charge in [-0.1, -0.05) is 13.0 Å². The number of piperidine rings is 1. The van der Waals surface area contributed by atoms with E-state index in [9.17, 15) is 4.79 Å². The Balaban J connectivity index is 1.44. The Hall–Kier alpha value is -2.89. The third-order valence-corrected chi connectivity index (χ3v) is 4.78. The molecule has 6 heteroatoms. The molecule has 4 heterocycles. The van der Waals surface area contributed by atoms with Crippen molar-refractivity contribution in [3.05, 3.63) is 60.2 Å². The van der Waals surface area contributed by atoms with Crippen molar-refractivity contribution in [3.63, 3.8) is 0 Å². The van der Waals surface area contributed by atoms with Crippen molar-refractivity contribution in [2.24, 2.45) is 0 Å². The Morgan fingerprint density at radius 3 is 2.92 bits per heavy atom. The average Bonchev–Trinajstić information content (AvgIpc) is 3.12. The molecule has 1 amide bonds. The highest BCUT2D eigenvalue weighted by atomic mass is 16.5. The highest BCUT2D eigenvalue weighted by molar-refractivity contribution is 5.95. The molecule has 1 aliphatic rings. The lowest BCUT2D eigenvalue weighted by Crippen LogP contribution is -2.44. The van der Waals surface area contributed by atoms with Gasteiger partial charge in [0, 0.05) is 36.8 Å². The SMILES string of the molecule is CCc1cnc(OC2CCCN(C(=O)c3cc4ccccn4c3)C2)nc1. The normalized spacial score (nSPS) is 17.4. The van der Waals surface area contributed by atoms with Gasteiger partial charge in [-0.05, 0) is 43.0 Å².